The average molecular weight is 420 g/mol. The van der Waals surface area contributed by atoms with Gasteiger partial charge in [0.05, 0.1) is 18.3 Å². The maximum absolute atomic E-state index is 13.1. The Morgan fingerprint density at radius 2 is 2.07 bits per heavy atom. The largest absolute Gasteiger partial charge is 0.350 e. The highest BCUT2D eigenvalue weighted by Gasteiger charge is 2.32. The Morgan fingerprint density at radius 1 is 1.17 bits per heavy atom. The molecule has 0 aliphatic carbocycles. The van der Waals surface area contributed by atoms with Crippen molar-refractivity contribution in [2.45, 2.75) is 38.8 Å². The van der Waals surface area contributed by atoms with Crippen molar-refractivity contribution < 1.29 is 9.59 Å². The van der Waals surface area contributed by atoms with Gasteiger partial charge in [-0.2, -0.15) is 0 Å². The van der Waals surface area contributed by atoms with Crippen molar-refractivity contribution in [1.29, 1.82) is 0 Å². The first-order valence-electron chi connectivity index (χ1n) is 10.2. The first-order chi connectivity index (χ1) is 14.6. The molecule has 1 unspecified atom stereocenters. The van der Waals surface area contributed by atoms with Crippen LogP contribution in [0.5, 0.6) is 0 Å². The number of aromatic nitrogens is 1. The molecule has 0 saturated heterocycles. The van der Waals surface area contributed by atoms with E-state index in [1.165, 1.54) is 16.0 Å². The number of carbonyl (C=O) groups is 2. The molecule has 2 amide bonds. The molecule has 1 atom stereocenters. The zero-order valence-electron chi connectivity index (χ0n) is 17.0. The SMILES string of the molecule is Cc1cccc(C2c3ccsc3CCN2C(=O)CCC(=O)NCc2ccccn2)c1. The molecule has 3 aromatic rings. The predicted molar refractivity (Wildman–Crippen MR) is 118 cm³/mol. The Balaban J connectivity index is 1.42. The minimum Gasteiger partial charge on any atom is -0.350 e. The van der Waals surface area contributed by atoms with Gasteiger partial charge in [0.2, 0.25) is 11.8 Å². The number of fused-ring (bicyclic) bond motifs is 1. The van der Waals surface area contributed by atoms with E-state index in [0.717, 1.165) is 17.7 Å². The molecule has 1 aromatic carbocycles. The fraction of sp³-hybridized carbons (Fsp3) is 0.292. The summed E-state index contributed by atoms with van der Waals surface area (Å²) >= 11 is 1.76. The Hall–Kier alpha value is -2.99. The lowest BCUT2D eigenvalue weighted by molar-refractivity contribution is -0.135. The highest BCUT2D eigenvalue weighted by Crippen LogP contribution is 2.38. The Labute approximate surface area is 180 Å². The van der Waals surface area contributed by atoms with Crippen LogP contribution in [0.15, 0.2) is 60.1 Å². The van der Waals surface area contributed by atoms with Crippen molar-refractivity contribution in [1.82, 2.24) is 15.2 Å². The summed E-state index contributed by atoms with van der Waals surface area (Å²) in [7, 11) is 0. The zero-order valence-corrected chi connectivity index (χ0v) is 17.8. The quantitative estimate of drug-likeness (QED) is 0.656. The standard InChI is InChI=1S/C24H25N3O2S/c1-17-5-4-6-18(15-17)24-20-11-14-30-21(20)10-13-27(24)23(29)9-8-22(28)26-16-19-7-2-3-12-25-19/h2-7,11-12,14-15,24H,8-10,13,16H2,1H3,(H,26,28). The van der Waals surface area contributed by atoms with E-state index in [9.17, 15) is 9.59 Å². The van der Waals surface area contributed by atoms with E-state index < -0.39 is 0 Å². The predicted octanol–water partition coefficient (Wildman–Crippen LogP) is 4.02. The topological polar surface area (TPSA) is 62.3 Å². The van der Waals surface area contributed by atoms with Gasteiger partial charge in [0, 0.05) is 30.5 Å². The molecule has 0 fully saturated rings. The van der Waals surface area contributed by atoms with Crippen molar-refractivity contribution in [3.05, 3.63) is 87.4 Å². The van der Waals surface area contributed by atoms with E-state index in [1.807, 2.05) is 29.2 Å². The molecule has 1 aliphatic rings. The molecule has 0 spiro atoms. The van der Waals surface area contributed by atoms with Gasteiger partial charge in [-0.25, -0.2) is 0 Å². The fourth-order valence-corrected chi connectivity index (χ4v) is 4.83. The number of amides is 2. The van der Waals surface area contributed by atoms with E-state index in [0.29, 0.717) is 13.1 Å². The number of benzene rings is 1. The molecule has 3 heterocycles. The van der Waals surface area contributed by atoms with Gasteiger partial charge >= 0.3 is 0 Å². The molecule has 0 radical (unpaired) electrons. The summed E-state index contributed by atoms with van der Waals surface area (Å²) in [6.45, 7) is 3.13. The molecular weight excluding hydrogens is 394 g/mol. The molecule has 0 bridgehead atoms. The highest BCUT2D eigenvalue weighted by molar-refractivity contribution is 7.10. The van der Waals surface area contributed by atoms with Gasteiger partial charge in [-0.15, -0.1) is 11.3 Å². The van der Waals surface area contributed by atoms with E-state index in [-0.39, 0.29) is 30.7 Å². The molecule has 30 heavy (non-hydrogen) atoms. The summed E-state index contributed by atoms with van der Waals surface area (Å²) in [6.07, 6.45) is 2.95. The van der Waals surface area contributed by atoms with Crippen LogP contribution >= 0.6 is 11.3 Å². The first kappa shape index (κ1) is 20.3. The molecule has 1 aliphatic heterocycles. The number of pyridine rings is 1. The Bertz CT molecular complexity index is 1030. The second kappa shape index (κ2) is 9.22. The van der Waals surface area contributed by atoms with Crippen LogP contribution in [0.1, 0.15) is 46.1 Å². The molecular formula is C24H25N3O2S. The van der Waals surface area contributed by atoms with Gasteiger partial charge in [0.25, 0.3) is 0 Å². The zero-order chi connectivity index (χ0) is 20.9. The number of aryl methyl sites for hydroxylation is 1. The van der Waals surface area contributed by atoms with Crippen LogP contribution in [0.4, 0.5) is 0 Å². The van der Waals surface area contributed by atoms with Crippen molar-refractivity contribution >= 4 is 23.2 Å². The molecule has 6 heteroatoms. The summed E-state index contributed by atoms with van der Waals surface area (Å²) in [5, 5.41) is 4.95. The second-order valence-electron chi connectivity index (χ2n) is 7.55. The van der Waals surface area contributed by atoms with Crippen molar-refractivity contribution in [3.8, 4) is 0 Å². The van der Waals surface area contributed by atoms with Gasteiger partial charge in [-0.05, 0) is 48.1 Å². The van der Waals surface area contributed by atoms with Crippen LogP contribution in [0.25, 0.3) is 0 Å². The monoisotopic (exact) mass is 419 g/mol. The normalized spacial score (nSPS) is 15.5. The number of nitrogens with zero attached hydrogens (tertiary/aromatic N) is 2. The van der Waals surface area contributed by atoms with E-state index in [1.54, 1.807) is 17.5 Å². The van der Waals surface area contributed by atoms with E-state index in [2.05, 4.69) is 46.9 Å². The third-order valence-electron chi connectivity index (χ3n) is 5.40. The molecule has 4 rings (SSSR count). The fourth-order valence-electron chi connectivity index (χ4n) is 3.93. The van der Waals surface area contributed by atoms with Crippen LogP contribution in [-0.4, -0.2) is 28.2 Å². The van der Waals surface area contributed by atoms with Gasteiger partial charge in [-0.1, -0.05) is 35.9 Å². The van der Waals surface area contributed by atoms with E-state index in [4.69, 9.17) is 0 Å². The van der Waals surface area contributed by atoms with Gasteiger partial charge in [0.1, 0.15) is 0 Å². The average Bonchev–Trinajstić information content (AvgIpc) is 3.25. The third kappa shape index (κ3) is 4.60. The lowest BCUT2D eigenvalue weighted by atomic mass is 9.92. The summed E-state index contributed by atoms with van der Waals surface area (Å²) < 4.78 is 0. The molecule has 1 N–H and O–H groups in total. The number of nitrogens with one attached hydrogen (secondary N) is 1. The molecule has 0 saturated carbocycles. The summed E-state index contributed by atoms with van der Waals surface area (Å²) in [5.74, 6) is -0.110. The Morgan fingerprint density at radius 3 is 2.87 bits per heavy atom. The van der Waals surface area contributed by atoms with Crippen molar-refractivity contribution in [2.24, 2.45) is 0 Å². The Kier molecular flexibility index (Phi) is 6.23. The van der Waals surface area contributed by atoms with Crippen LogP contribution in [0, 0.1) is 6.92 Å². The summed E-state index contributed by atoms with van der Waals surface area (Å²) in [4.78, 5) is 32.8. The highest BCUT2D eigenvalue weighted by atomic mass is 32.1. The smallest absolute Gasteiger partial charge is 0.223 e. The maximum atomic E-state index is 13.1. The lowest BCUT2D eigenvalue weighted by Crippen LogP contribution is -2.40. The van der Waals surface area contributed by atoms with Crippen molar-refractivity contribution in [3.63, 3.8) is 0 Å². The van der Waals surface area contributed by atoms with Gasteiger partial charge < -0.3 is 10.2 Å². The molecule has 2 aromatic heterocycles. The number of carbonyl (C=O) groups excluding carboxylic acids is 2. The number of hydrogen-bond donors (Lipinski definition) is 1. The third-order valence-corrected chi connectivity index (χ3v) is 6.40. The van der Waals surface area contributed by atoms with Crippen LogP contribution in [0.3, 0.4) is 0 Å². The van der Waals surface area contributed by atoms with Crippen LogP contribution in [0.2, 0.25) is 0 Å². The van der Waals surface area contributed by atoms with Crippen molar-refractivity contribution in [2.75, 3.05) is 6.54 Å². The first-order valence-corrected chi connectivity index (χ1v) is 11.1. The van der Waals surface area contributed by atoms with Gasteiger partial charge in [0.15, 0.2) is 0 Å². The molecule has 154 valence electrons. The number of thiophene rings is 1. The number of hydrogen-bond acceptors (Lipinski definition) is 4. The molecule has 5 nitrogen and oxygen atoms in total. The maximum Gasteiger partial charge on any atom is 0.223 e. The summed E-state index contributed by atoms with van der Waals surface area (Å²) in [5.41, 5.74) is 4.32. The second-order valence-corrected chi connectivity index (χ2v) is 8.55. The minimum absolute atomic E-state index is 0.0198. The van der Waals surface area contributed by atoms with Crippen LogP contribution in [-0.2, 0) is 22.6 Å². The van der Waals surface area contributed by atoms with Crippen LogP contribution < -0.4 is 5.32 Å². The van der Waals surface area contributed by atoms with E-state index >= 15 is 0 Å². The summed E-state index contributed by atoms with van der Waals surface area (Å²) in [6, 6.07) is 16.0. The van der Waals surface area contributed by atoms with Gasteiger partial charge in [-0.3, -0.25) is 14.6 Å². The minimum atomic E-state index is -0.130. The number of rotatable bonds is 6. The lowest BCUT2D eigenvalue weighted by Gasteiger charge is -2.36.